The van der Waals surface area contributed by atoms with Gasteiger partial charge in [-0.15, -0.1) is 0 Å². The molecule has 0 aromatic heterocycles. The van der Waals surface area contributed by atoms with E-state index in [9.17, 15) is 4.79 Å². The summed E-state index contributed by atoms with van der Waals surface area (Å²) in [6.45, 7) is 2.14. The normalized spacial score (nSPS) is 12.8. The first kappa shape index (κ1) is 20.2. The summed E-state index contributed by atoms with van der Waals surface area (Å²) in [6.07, 6.45) is 28.4. The number of unbranched alkanes of at least 4 members (excludes halogenated alkanes) is 1. The number of hydrogen-bond donors (Lipinski definition) is 1. The van der Waals surface area contributed by atoms with E-state index in [2.05, 4.69) is 67.7 Å². The van der Waals surface area contributed by atoms with Crippen LogP contribution in [0.1, 0.15) is 58.3 Å². The fourth-order valence-corrected chi connectivity index (χ4v) is 1.74. The Labute approximate surface area is 135 Å². The fourth-order valence-electron chi connectivity index (χ4n) is 1.74. The molecule has 0 fully saturated rings. The Morgan fingerprint density at radius 2 is 1.14 bits per heavy atom. The van der Waals surface area contributed by atoms with Gasteiger partial charge < -0.3 is 5.11 Å². The van der Waals surface area contributed by atoms with Gasteiger partial charge in [-0.1, -0.05) is 67.7 Å². The van der Waals surface area contributed by atoms with Gasteiger partial charge in [0, 0.05) is 6.42 Å². The van der Waals surface area contributed by atoms with Gasteiger partial charge in [0.15, 0.2) is 0 Å². The second-order valence-electron chi connectivity index (χ2n) is 4.99. The van der Waals surface area contributed by atoms with E-state index in [-0.39, 0.29) is 6.42 Å². The van der Waals surface area contributed by atoms with Crippen LogP contribution < -0.4 is 0 Å². The van der Waals surface area contributed by atoms with E-state index in [4.69, 9.17) is 5.11 Å². The lowest BCUT2D eigenvalue weighted by Crippen LogP contribution is -1.92. The Morgan fingerprint density at radius 1 is 0.727 bits per heavy atom. The van der Waals surface area contributed by atoms with Crippen LogP contribution in [0.5, 0.6) is 0 Å². The molecule has 0 radical (unpaired) electrons. The van der Waals surface area contributed by atoms with Gasteiger partial charge in [-0.25, -0.2) is 0 Å². The topological polar surface area (TPSA) is 37.3 Å². The summed E-state index contributed by atoms with van der Waals surface area (Å²) >= 11 is 0. The van der Waals surface area contributed by atoms with Crippen LogP contribution in [-0.4, -0.2) is 11.1 Å². The zero-order chi connectivity index (χ0) is 16.3. The Hall–Kier alpha value is -1.83. The quantitative estimate of drug-likeness (QED) is 0.335. The van der Waals surface area contributed by atoms with E-state index < -0.39 is 5.97 Å². The number of rotatable bonds is 13. The Morgan fingerprint density at radius 3 is 1.55 bits per heavy atom. The zero-order valence-electron chi connectivity index (χ0n) is 13.8. The predicted octanol–water partition coefficient (Wildman–Crippen LogP) is 5.99. The highest BCUT2D eigenvalue weighted by Crippen LogP contribution is 1.99. The summed E-state index contributed by atoms with van der Waals surface area (Å²) in [5.41, 5.74) is 0. The lowest BCUT2D eigenvalue weighted by molar-refractivity contribution is -0.137. The van der Waals surface area contributed by atoms with Crippen LogP contribution in [0.2, 0.25) is 0 Å². The molecule has 0 aliphatic heterocycles. The zero-order valence-corrected chi connectivity index (χ0v) is 13.8. The molecular formula is C20H30O2. The molecule has 0 aromatic rings. The van der Waals surface area contributed by atoms with Crippen molar-refractivity contribution in [2.24, 2.45) is 0 Å². The van der Waals surface area contributed by atoms with Crippen molar-refractivity contribution in [1.82, 2.24) is 0 Å². The summed E-state index contributed by atoms with van der Waals surface area (Å²) in [5, 5.41) is 8.49. The molecule has 0 aliphatic carbocycles. The lowest BCUT2D eigenvalue weighted by atomic mass is 10.2. The molecule has 2 nitrogen and oxygen atoms in total. The van der Waals surface area contributed by atoms with Crippen molar-refractivity contribution >= 4 is 5.97 Å². The summed E-state index contributed by atoms with van der Waals surface area (Å²) in [5.74, 6) is -0.715. The molecule has 0 saturated heterocycles. The van der Waals surface area contributed by atoms with Crippen LogP contribution in [-0.2, 0) is 4.79 Å². The highest BCUT2D eigenvalue weighted by atomic mass is 16.4. The van der Waals surface area contributed by atoms with Gasteiger partial charge in [-0.3, -0.25) is 4.79 Å². The first-order valence-corrected chi connectivity index (χ1v) is 8.24. The second-order valence-corrected chi connectivity index (χ2v) is 4.99. The van der Waals surface area contributed by atoms with Crippen molar-refractivity contribution in [3.8, 4) is 0 Å². The molecular weight excluding hydrogens is 272 g/mol. The molecule has 0 aromatic carbocycles. The van der Waals surface area contributed by atoms with Crippen molar-refractivity contribution in [1.29, 1.82) is 0 Å². The van der Waals surface area contributed by atoms with Crippen LogP contribution >= 0.6 is 0 Å². The SMILES string of the molecule is CC/C=C\C/C=C\C/C=C\C/C=C\CC=CCCCC(=O)O. The number of carbonyl (C=O) groups is 1. The van der Waals surface area contributed by atoms with E-state index in [1.165, 1.54) is 0 Å². The van der Waals surface area contributed by atoms with Gasteiger partial charge in [-0.2, -0.15) is 0 Å². The van der Waals surface area contributed by atoms with Gasteiger partial charge in [0.1, 0.15) is 0 Å². The van der Waals surface area contributed by atoms with Gasteiger partial charge in [-0.05, 0) is 44.9 Å². The fraction of sp³-hybridized carbons (Fsp3) is 0.450. The van der Waals surface area contributed by atoms with Crippen molar-refractivity contribution in [2.45, 2.75) is 58.3 Å². The number of carboxylic acid groups (broad SMARTS) is 1. The van der Waals surface area contributed by atoms with Crippen LogP contribution in [0.15, 0.2) is 60.8 Å². The summed E-state index contributed by atoms with van der Waals surface area (Å²) in [7, 11) is 0. The van der Waals surface area contributed by atoms with E-state index in [0.29, 0.717) is 0 Å². The number of hydrogen-bond acceptors (Lipinski definition) is 1. The highest BCUT2D eigenvalue weighted by Gasteiger charge is 1.92. The minimum atomic E-state index is -0.715. The highest BCUT2D eigenvalue weighted by molar-refractivity contribution is 5.66. The minimum Gasteiger partial charge on any atom is -0.481 e. The molecule has 0 saturated carbocycles. The maximum Gasteiger partial charge on any atom is 0.303 e. The van der Waals surface area contributed by atoms with Crippen LogP contribution in [0, 0.1) is 0 Å². The third kappa shape index (κ3) is 18.2. The Balaban J connectivity index is 3.46. The van der Waals surface area contributed by atoms with Crippen molar-refractivity contribution in [3.63, 3.8) is 0 Å². The van der Waals surface area contributed by atoms with Crippen molar-refractivity contribution < 1.29 is 9.90 Å². The molecule has 0 rings (SSSR count). The van der Waals surface area contributed by atoms with E-state index >= 15 is 0 Å². The standard InChI is InChI=1S/C20H30O2/c1-2-3-4-5-6-7-8-9-10-11-12-13-14-15-16-17-18-19-20(21)22/h3-4,6-7,9-10,12-13,15-16H,2,5,8,11,14,17-19H2,1H3,(H,21,22)/b4-3-,7-6-,10-9-,13-12-,16-15?. The Kier molecular flexibility index (Phi) is 15.8. The largest absolute Gasteiger partial charge is 0.481 e. The monoisotopic (exact) mass is 302 g/mol. The average Bonchev–Trinajstić information content (AvgIpc) is 2.50. The summed E-state index contributed by atoms with van der Waals surface area (Å²) in [6, 6.07) is 0. The maximum atomic E-state index is 10.3. The van der Waals surface area contributed by atoms with Crippen LogP contribution in [0.4, 0.5) is 0 Å². The van der Waals surface area contributed by atoms with E-state index in [1.807, 2.05) is 0 Å². The van der Waals surface area contributed by atoms with Crippen LogP contribution in [0.25, 0.3) is 0 Å². The second kappa shape index (κ2) is 17.2. The molecule has 0 spiro atoms. The maximum absolute atomic E-state index is 10.3. The van der Waals surface area contributed by atoms with Gasteiger partial charge in [0.2, 0.25) is 0 Å². The predicted molar refractivity (Wildman–Crippen MR) is 95.9 cm³/mol. The van der Waals surface area contributed by atoms with E-state index in [0.717, 1.165) is 44.9 Å². The molecule has 22 heavy (non-hydrogen) atoms. The molecule has 122 valence electrons. The molecule has 0 heterocycles. The van der Waals surface area contributed by atoms with Gasteiger partial charge >= 0.3 is 5.97 Å². The van der Waals surface area contributed by atoms with Crippen molar-refractivity contribution in [3.05, 3.63) is 60.8 Å². The third-order valence-electron chi connectivity index (χ3n) is 2.92. The first-order chi connectivity index (χ1) is 10.8. The molecule has 1 N–H and O–H groups in total. The molecule has 2 heteroatoms. The molecule has 0 atom stereocenters. The summed E-state index contributed by atoms with van der Waals surface area (Å²) < 4.78 is 0. The molecule has 0 bridgehead atoms. The first-order valence-electron chi connectivity index (χ1n) is 8.24. The lowest BCUT2D eigenvalue weighted by Gasteiger charge is -1.89. The van der Waals surface area contributed by atoms with Gasteiger partial charge in [0.05, 0.1) is 0 Å². The Bertz CT molecular complexity index is 398. The number of aliphatic carboxylic acids is 1. The van der Waals surface area contributed by atoms with E-state index in [1.54, 1.807) is 0 Å². The number of allylic oxidation sites excluding steroid dienone is 10. The molecule has 0 unspecified atom stereocenters. The van der Waals surface area contributed by atoms with Crippen LogP contribution in [0.3, 0.4) is 0 Å². The number of carboxylic acids is 1. The van der Waals surface area contributed by atoms with Crippen molar-refractivity contribution in [2.75, 3.05) is 0 Å². The molecule has 0 aliphatic rings. The molecule has 0 amide bonds. The minimum absolute atomic E-state index is 0.258. The summed E-state index contributed by atoms with van der Waals surface area (Å²) in [4.78, 5) is 10.3. The van der Waals surface area contributed by atoms with Gasteiger partial charge in [0.25, 0.3) is 0 Å². The average molecular weight is 302 g/mol. The smallest absolute Gasteiger partial charge is 0.303 e. The third-order valence-corrected chi connectivity index (χ3v) is 2.92.